The summed E-state index contributed by atoms with van der Waals surface area (Å²) in [4.78, 5) is 27.8. The molecule has 0 unspecified atom stereocenters. The summed E-state index contributed by atoms with van der Waals surface area (Å²) in [6.45, 7) is 7.12. The van der Waals surface area contributed by atoms with Crippen LogP contribution < -0.4 is 5.32 Å². The molecule has 2 fully saturated rings. The number of aryl methyl sites for hydroxylation is 3. The van der Waals surface area contributed by atoms with Crippen molar-refractivity contribution in [3.63, 3.8) is 0 Å². The van der Waals surface area contributed by atoms with Crippen molar-refractivity contribution in [2.45, 2.75) is 58.9 Å². The van der Waals surface area contributed by atoms with E-state index in [1.807, 2.05) is 35.4 Å². The van der Waals surface area contributed by atoms with Gasteiger partial charge in [0, 0.05) is 38.2 Å². The van der Waals surface area contributed by atoms with E-state index in [2.05, 4.69) is 21.6 Å². The zero-order valence-corrected chi connectivity index (χ0v) is 18.5. The zero-order valence-electron chi connectivity index (χ0n) is 18.5. The van der Waals surface area contributed by atoms with Gasteiger partial charge in [-0.2, -0.15) is 0 Å². The Labute approximate surface area is 183 Å². The van der Waals surface area contributed by atoms with Crippen LogP contribution in [0, 0.1) is 25.2 Å². The van der Waals surface area contributed by atoms with Crippen molar-refractivity contribution in [2.24, 2.45) is 11.3 Å². The number of fused-ring (bicyclic) bond motifs is 1. The minimum atomic E-state index is -0.111. The third kappa shape index (κ3) is 4.10. The van der Waals surface area contributed by atoms with Crippen molar-refractivity contribution >= 4 is 11.8 Å². The van der Waals surface area contributed by atoms with Gasteiger partial charge >= 0.3 is 0 Å². The van der Waals surface area contributed by atoms with Crippen molar-refractivity contribution in [1.29, 1.82) is 0 Å². The molecule has 2 amide bonds. The van der Waals surface area contributed by atoms with Crippen molar-refractivity contribution < 1.29 is 9.59 Å². The maximum absolute atomic E-state index is 13.2. The number of aromatic nitrogens is 3. The molecule has 7 heteroatoms. The molecule has 1 atom stereocenters. The number of nitrogens with one attached hydrogen (secondary N) is 1. The van der Waals surface area contributed by atoms with E-state index < -0.39 is 0 Å². The van der Waals surface area contributed by atoms with Crippen LogP contribution in [0.15, 0.2) is 18.2 Å². The Morgan fingerprint density at radius 2 is 1.81 bits per heavy atom. The molecule has 1 spiro atoms. The molecule has 1 N–H and O–H groups in total. The molecule has 7 nitrogen and oxygen atoms in total. The third-order valence-electron chi connectivity index (χ3n) is 7.22. The predicted molar refractivity (Wildman–Crippen MR) is 117 cm³/mol. The summed E-state index contributed by atoms with van der Waals surface area (Å²) in [6, 6.07) is 6.07. The molecule has 3 heterocycles. The highest BCUT2D eigenvalue weighted by Gasteiger charge is 2.41. The molecule has 1 aliphatic carbocycles. The molecular weight excluding hydrogens is 390 g/mol. The monoisotopic (exact) mass is 421 g/mol. The molecule has 1 saturated carbocycles. The fraction of sp³-hybridized carbons (Fsp3) is 0.583. The Kier molecular flexibility index (Phi) is 5.07. The van der Waals surface area contributed by atoms with Crippen molar-refractivity contribution in [2.75, 3.05) is 19.6 Å². The molecule has 3 aliphatic rings. The summed E-state index contributed by atoms with van der Waals surface area (Å²) in [5.74, 6) is 1.99. The van der Waals surface area contributed by atoms with Crippen LogP contribution in [0.3, 0.4) is 0 Å². The molecule has 0 radical (unpaired) electrons. The first-order valence-electron chi connectivity index (χ1n) is 11.5. The normalized spacial score (nSPS) is 23.0. The zero-order chi connectivity index (χ0) is 21.6. The Balaban J connectivity index is 1.26. The van der Waals surface area contributed by atoms with Gasteiger partial charge in [-0.1, -0.05) is 17.2 Å². The summed E-state index contributed by atoms with van der Waals surface area (Å²) < 4.78 is 2.01. The lowest BCUT2D eigenvalue weighted by Gasteiger charge is -2.27. The average Bonchev–Trinajstić information content (AvgIpc) is 3.38. The maximum Gasteiger partial charge on any atom is 0.289 e. The highest BCUT2D eigenvalue weighted by Crippen LogP contribution is 2.41. The van der Waals surface area contributed by atoms with Gasteiger partial charge in [-0.05, 0) is 69.4 Å². The lowest BCUT2D eigenvalue weighted by atomic mass is 9.80. The quantitative estimate of drug-likeness (QED) is 0.823. The van der Waals surface area contributed by atoms with Crippen molar-refractivity contribution in [1.82, 2.24) is 25.0 Å². The van der Waals surface area contributed by atoms with Crippen LogP contribution in [0.4, 0.5) is 0 Å². The predicted octanol–water partition coefficient (Wildman–Crippen LogP) is 2.90. The number of nitrogens with zero attached hydrogens (tertiary/aromatic N) is 4. The first-order valence-corrected chi connectivity index (χ1v) is 11.5. The third-order valence-corrected chi connectivity index (χ3v) is 7.22. The van der Waals surface area contributed by atoms with E-state index in [4.69, 9.17) is 0 Å². The van der Waals surface area contributed by atoms with E-state index in [0.29, 0.717) is 11.7 Å². The van der Waals surface area contributed by atoms with Gasteiger partial charge in [0.05, 0.1) is 0 Å². The Morgan fingerprint density at radius 3 is 2.55 bits per heavy atom. The molecule has 31 heavy (non-hydrogen) atoms. The average molecular weight is 422 g/mol. The second-order valence-electron chi connectivity index (χ2n) is 9.85. The smallest absolute Gasteiger partial charge is 0.289 e. The van der Waals surface area contributed by atoms with E-state index in [1.54, 1.807) is 0 Å². The molecule has 0 bridgehead atoms. The Morgan fingerprint density at radius 1 is 1.06 bits per heavy atom. The number of amides is 2. The molecule has 164 valence electrons. The summed E-state index contributed by atoms with van der Waals surface area (Å²) in [6.07, 6.45) is 6.14. The first kappa shape index (κ1) is 20.2. The molecule has 2 aromatic rings. The van der Waals surface area contributed by atoms with Crippen LogP contribution in [0.25, 0.3) is 0 Å². The van der Waals surface area contributed by atoms with Gasteiger partial charge in [0.2, 0.25) is 5.82 Å². The van der Waals surface area contributed by atoms with Gasteiger partial charge in [0.25, 0.3) is 11.8 Å². The highest BCUT2D eigenvalue weighted by atomic mass is 16.2. The summed E-state index contributed by atoms with van der Waals surface area (Å²) in [5.41, 5.74) is 3.13. The second kappa shape index (κ2) is 7.77. The van der Waals surface area contributed by atoms with E-state index in [1.165, 1.54) is 12.8 Å². The number of likely N-dealkylation sites (tertiary alicyclic amines) is 1. The minimum absolute atomic E-state index is 0.0942. The van der Waals surface area contributed by atoms with Crippen LogP contribution in [0.2, 0.25) is 0 Å². The minimum Gasteiger partial charge on any atom is -0.349 e. The van der Waals surface area contributed by atoms with Crippen molar-refractivity contribution in [3.05, 3.63) is 46.5 Å². The number of benzene rings is 1. The number of carbonyl (C=O) groups is 2. The van der Waals surface area contributed by atoms with E-state index >= 15 is 0 Å². The standard InChI is InChI=1S/C24H31N5O2/c1-16-11-17(2)13-19(12-16)23(31)28-9-7-24(15-28)6-5-20-26-27-21(29(20)10-8-24)22(30)25-14-18-3-4-18/h11-13,18H,3-10,14-15H2,1-2H3,(H,25,30)/t24-/m1/s1. The largest absolute Gasteiger partial charge is 0.349 e. The number of hydrogen-bond acceptors (Lipinski definition) is 4. The van der Waals surface area contributed by atoms with Crippen LogP contribution >= 0.6 is 0 Å². The van der Waals surface area contributed by atoms with Gasteiger partial charge in [-0.25, -0.2) is 0 Å². The molecule has 1 aromatic carbocycles. The topological polar surface area (TPSA) is 80.1 Å². The SMILES string of the molecule is Cc1cc(C)cc(C(=O)N2CC[C@@]3(CCc4nnc(C(=O)NCC5CC5)n4CC3)C2)c1. The van der Waals surface area contributed by atoms with Gasteiger partial charge < -0.3 is 14.8 Å². The lowest BCUT2D eigenvalue weighted by Crippen LogP contribution is -2.33. The highest BCUT2D eigenvalue weighted by molar-refractivity contribution is 5.95. The fourth-order valence-electron chi connectivity index (χ4n) is 5.21. The summed E-state index contributed by atoms with van der Waals surface area (Å²) in [5, 5.41) is 11.5. The second-order valence-corrected chi connectivity index (χ2v) is 9.85. The van der Waals surface area contributed by atoms with Gasteiger partial charge in [0.15, 0.2) is 0 Å². The maximum atomic E-state index is 13.2. The summed E-state index contributed by atoms with van der Waals surface area (Å²) >= 11 is 0. The van der Waals surface area contributed by atoms with Crippen LogP contribution in [-0.2, 0) is 13.0 Å². The van der Waals surface area contributed by atoms with Gasteiger partial charge in [-0.3, -0.25) is 9.59 Å². The van der Waals surface area contributed by atoms with E-state index in [9.17, 15) is 9.59 Å². The molecule has 5 rings (SSSR count). The Bertz CT molecular complexity index is 1000. The molecule has 2 aliphatic heterocycles. The van der Waals surface area contributed by atoms with Crippen LogP contribution in [0.1, 0.15) is 70.0 Å². The number of rotatable bonds is 4. The number of carbonyl (C=O) groups excluding carboxylic acids is 2. The fourth-order valence-corrected chi connectivity index (χ4v) is 5.21. The number of hydrogen-bond donors (Lipinski definition) is 1. The Hall–Kier alpha value is -2.70. The van der Waals surface area contributed by atoms with E-state index in [0.717, 1.165) is 74.4 Å². The van der Waals surface area contributed by atoms with Crippen LogP contribution in [0.5, 0.6) is 0 Å². The molecule has 1 aromatic heterocycles. The van der Waals surface area contributed by atoms with Crippen molar-refractivity contribution in [3.8, 4) is 0 Å². The first-order chi connectivity index (χ1) is 14.9. The van der Waals surface area contributed by atoms with E-state index in [-0.39, 0.29) is 17.2 Å². The lowest BCUT2D eigenvalue weighted by molar-refractivity contribution is 0.0767. The molecular formula is C24H31N5O2. The van der Waals surface area contributed by atoms with Crippen LogP contribution in [-0.4, -0.2) is 51.1 Å². The molecule has 1 saturated heterocycles. The summed E-state index contributed by atoms with van der Waals surface area (Å²) in [7, 11) is 0. The van der Waals surface area contributed by atoms with Gasteiger partial charge in [-0.15, -0.1) is 10.2 Å². The van der Waals surface area contributed by atoms with Gasteiger partial charge in [0.1, 0.15) is 5.82 Å².